The SMILES string of the molecule is OCCNc1ccc(-c2ccc(-n3ccnc3)cc2)nn1. The van der Waals surface area contributed by atoms with Crippen LogP contribution in [0.25, 0.3) is 16.9 Å². The van der Waals surface area contributed by atoms with Gasteiger partial charge in [0.15, 0.2) is 0 Å². The van der Waals surface area contributed by atoms with Crippen LogP contribution in [0.5, 0.6) is 0 Å². The number of hydrogen-bond acceptors (Lipinski definition) is 5. The lowest BCUT2D eigenvalue weighted by Gasteiger charge is -2.06. The zero-order valence-electron chi connectivity index (χ0n) is 11.3. The van der Waals surface area contributed by atoms with Gasteiger partial charge in [-0.25, -0.2) is 4.98 Å². The quantitative estimate of drug-likeness (QED) is 0.745. The van der Waals surface area contributed by atoms with Crippen molar-refractivity contribution in [2.45, 2.75) is 0 Å². The number of nitrogens with one attached hydrogen (secondary N) is 1. The lowest BCUT2D eigenvalue weighted by atomic mass is 10.1. The Labute approximate surface area is 122 Å². The lowest BCUT2D eigenvalue weighted by molar-refractivity contribution is 0.311. The molecule has 2 heterocycles. The number of nitrogens with zero attached hydrogens (tertiary/aromatic N) is 4. The molecule has 0 aliphatic carbocycles. The number of imidazole rings is 1. The van der Waals surface area contributed by atoms with Crippen LogP contribution in [0.2, 0.25) is 0 Å². The topological polar surface area (TPSA) is 75.9 Å². The van der Waals surface area contributed by atoms with Crippen LogP contribution >= 0.6 is 0 Å². The standard InChI is InChI=1S/C15H15N5O/c21-10-8-17-15-6-5-14(18-19-15)12-1-3-13(4-2-12)20-9-7-16-11-20/h1-7,9,11,21H,8,10H2,(H,17,19). The number of aliphatic hydroxyl groups is 1. The lowest BCUT2D eigenvalue weighted by Crippen LogP contribution is -2.07. The summed E-state index contributed by atoms with van der Waals surface area (Å²) >= 11 is 0. The van der Waals surface area contributed by atoms with E-state index in [1.807, 2.05) is 47.2 Å². The van der Waals surface area contributed by atoms with Crippen LogP contribution in [0.3, 0.4) is 0 Å². The van der Waals surface area contributed by atoms with E-state index >= 15 is 0 Å². The molecule has 6 heteroatoms. The highest BCUT2D eigenvalue weighted by molar-refractivity contribution is 5.61. The maximum absolute atomic E-state index is 8.75. The maximum atomic E-state index is 8.75. The Morgan fingerprint density at radius 1 is 1.05 bits per heavy atom. The van der Waals surface area contributed by atoms with E-state index in [2.05, 4.69) is 20.5 Å². The molecule has 0 atom stereocenters. The molecule has 21 heavy (non-hydrogen) atoms. The van der Waals surface area contributed by atoms with E-state index in [4.69, 9.17) is 5.11 Å². The van der Waals surface area contributed by atoms with E-state index in [0.29, 0.717) is 12.4 Å². The Hall–Kier alpha value is -2.73. The van der Waals surface area contributed by atoms with Gasteiger partial charge in [-0.3, -0.25) is 0 Å². The van der Waals surface area contributed by atoms with Gasteiger partial charge in [0.25, 0.3) is 0 Å². The molecule has 3 aromatic rings. The van der Waals surface area contributed by atoms with Crippen LogP contribution in [0, 0.1) is 0 Å². The molecule has 0 aliphatic rings. The summed E-state index contributed by atoms with van der Waals surface area (Å²) in [6, 6.07) is 11.8. The van der Waals surface area contributed by atoms with Crippen molar-refractivity contribution in [3.8, 4) is 16.9 Å². The number of anilines is 1. The van der Waals surface area contributed by atoms with Crippen molar-refractivity contribution in [2.24, 2.45) is 0 Å². The molecular formula is C15H15N5O. The van der Waals surface area contributed by atoms with Gasteiger partial charge in [0.05, 0.1) is 18.6 Å². The molecule has 0 saturated carbocycles. The van der Waals surface area contributed by atoms with E-state index in [1.54, 1.807) is 12.5 Å². The molecule has 106 valence electrons. The van der Waals surface area contributed by atoms with Crippen molar-refractivity contribution in [3.63, 3.8) is 0 Å². The van der Waals surface area contributed by atoms with Crippen molar-refractivity contribution in [3.05, 3.63) is 55.1 Å². The summed E-state index contributed by atoms with van der Waals surface area (Å²) in [6.07, 6.45) is 5.41. The first-order valence-corrected chi connectivity index (χ1v) is 6.64. The number of aliphatic hydroxyl groups excluding tert-OH is 1. The minimum absolute atomic E-state index is 0.0686. The van der Waals surface area contributed by atoms with E-state index in [1.165, 1.54) is 0 Å². The Kier molecular flexibility index (Phi) is 3.88. The molecule has 0 amide bonds. The summed E-state index contributed by atoms with van der Waals surface area (Å²) < 4.78 is 1.94. The van der Waals surface area contributed by atoms with Crippen LogP contribution in [-0.4, -0.2) is 38.0 Å². The predicted octanol–water partition coefficient (Wildman–Crippen LogP) is 1.73. The van der Waals surface area contributed by atoms with Gasteiger partial charge in [-0.15, -0.1) is 10.2 Å². The number of aromatic nitrogens is 4. The van der Waals surface area contributed by atoms with E-state index in [-0.39, 0.29) is 6.61 Å². The van der Waals surface area contributed by atoms with Crippen molar-refractivity contribution >= 4 is 5.82 Å². The van der Waals surface area contributed by atoms with Gasteiger partial charge >= 0.3 is 0 Å². The summed E-state index contributed by atoms with van der Waals surface area (Å²) in [5.74, 6) is 0.655. The molecular weight excluding hydrogens is 266 g/mol. The molecule has 2 N–H and O–H groups in total. The van der Waals surface area contributed by atoms with Gasteiger partial charge in [-0.2, -0.15) is 0 Å². The first kappa shape index (κ1) is 13.3. The van der Waals surface area contributed by atoms with Crippen LogP contribution < -0.4 is 5.32 Å². The number of rotatable bonds is 5. The third-order valence-electron chi connectivity index (χ3n) is 3.05. The fourth-order valence-corrected chi connectivity index (χ4v) is 1.98. The van der Waals surface area contributed by atoms with Crippen LogP contribution in [0.4, 0.5) is 5.82 Å². The number of hydrogen-bond donors (Lipinski definition) is 2. The van der Waals surface area contributed by atoms with Crippen molar-refractivity contribution in [1.29, 1.82) is 0 Å². The Balaban J connectivity index is 1.77. The highest BCUT2D eigenvalue weighted by atomic mass is 16.3. The predicted molar refractivity (Wildman–Crippen MR) is 80.2 cm³/mol. The first-order valence-electron chi connectivity index (χ1n) is 6.64. The van der Waals surface area contributed by atoms with E-state index < -0.39 is 0 Å². The van der Waals surface area contributed by atoms with Crippen LogP contribution in [0.1, 0.15) is 0 Å². The molecule has 1 aromatic carbocycles. The second kappa shape index (κ2) is 6.15. The van der Waals surface area contributed by atoms with Crippen molar-refractivity contribution in [2.75, 3.05) is 18.5 Å². The van der Waals surface area contributed by atoms with Gasteiger partial charge < -0.3 is 15.0 Å². The molecule has 6 nitrogen and oxygen atoms in total. The average molecular weight is 281 g/mol. The Morgan fingerprint density at radius 2 is 1.90 bits per heavy atom. The van der Waals surface area contributed by atoms with Gasteiger partial charge in [0, 0.05) is 30.2 Å². The third-order valence-corrected chi connectivity index (χ3v) is 3.05. The minimum Gasteiger partial charge on any atom is -0.395 e. The Morgan fingerprint density at radius 3 is 2.52 bits per heavy atom. The molecule has 3 rings (SSSR count). The fourth-order valence-electron chi connectivity index (χ4n) is 1.98. The highest BCUT2D eigenvalue weighted by Gasteiger charge is 2.02. The molecule has 0 unspecified atom stereocenters. The van der Waals surface area contributed by atoms with Crippen LogP contribution in [0.15, 0.2) is 55.1 Å². The van der Waals surface area contributed by atoms with E-state index in [0.717, 1.165) is 16.9 Å². The highest BCUT2D eigenvalue weighted by Crippen LogP contribution is 2.19. The first-order chi connectivity index (χ1) is 10.4. The van der Waals surface area contributed by atoms with Gasteiger partial charge in [0.1, 0.15) is 5.82 Å². The molecule has 0 fully saturated rings. The number of benzene rings is 1. The molecule has 0 spiro atoms. The molecule has 0 bridgehead atoms. The van der Waals surface area contributed by atoms with Gasteiger partial charge in [-0.1, -0.05) is 12.1 Å². The minimum atomic E-state index is 0.0686. The summed E-state index contributed by atoms with van der Waals surface area (Å²) in [4.78, 5) is 4.03. The second-order valence-electron chi connectivity index (χ2n) is 4.47. The molecule has 0 radical (unpaired) electrons. The Bertz CT molecular complexity index is 677. The summed E-state index contributed by atoms with van der Waals surface area (Å²) in [5.41, 5.74) is 2.85. The third kappa shape index (κ3) is 3.06. The largest absolute Gasteiger partial charge is 0.395 e. The molecule has 0 saturated heterocycles. The molecule has 2 aromatic heterocycles. The van der Waals surface area contributed by atoms with Crippen molar-refractivity contribution < 1.29 is 5.11 Å². The van der Waals surface area contributed by atoms with Crippen LogP contribution in [-0.2, 0) is 0 Å². The zero-order chi connectivity index (χ0) is 14.5. The second-order valence-corrected chi connectivity index (χ2v) is 4.47. The maximum Gasteiger partial charge on any atom is 0.148 e. The zero-order valence-corrected chi connectivity index (χ0v) is 11.3. The monoisotopic (exact) mass is 281 g/mol. The summed E-state index contributed by atoms with van der Waals surface area (Å²) in [7, 11) is 0. The smallest absolute Gasteiger partial charge is 0.148 e. The van der Waals surface area contributed by atoms with E-state index in [9.17, 15) is 0 Å². The normalized spacial score (nSPS) is 10.5. The van der Waals surface area contributed by atoms with Gasteiger partial charge in [-0.05, 0) is 24.3 Å². The summed E-state index contributed by atoms with van der Waals surface area (Å²) in [5, 5.41) is 20.0. The van der Waals surface area contributed by atoms with Crippen molar-refractivity contribution in [1.82, 2.24) is 19.7 Å². The van der Waals surface area contributed by atoms with Gasteiger partial charge in [0.2, 0.25) is 0 Å². The molecule has 0 aliphatic heterocycles. The summed E-state index contributed by atoms with van der Waals surface area (Å²) in [6.45, 7) is 0.534. The average Bonchev–Trinajstić information content (AvgIpc) is 3.08. The fraction of sp³-hybridized carbons (Fsp3) is 0.133.